The molecule has 1 unspecified atom stereocenters. The van der Waals surface area contributed by atoms with E-state index in [-0.39, 0.29) is 0 Å². The smallest absolute Gasteiger partial charge is 0.339 e. The van der Waals surface area contributed by atoms with Crippen molar-refractivity contribution in [1.82, 2.24) is 0 Å². The Bertz CT molecular complexity index is 748. The highest BCUT2D eigenvalue weighted by molar-refractivity contribution is 7.12. The van der Waals surface area contributed by atoms with Crippen molar-refractivity contribution < 1.29 is 19.4 Å². The van der Waals surface area contributed by atoms with Crippen LogP contribution in [0.5, 0.6) is 5.75 Å². The van der Waals surface area contributed by atoms with Crippen LogP contribution in [0, 0.1) is 13.8 Å². The van der Waals surface area contributed by atoms with E-state index in [1.54, 1.807) is 11.3 Å². The van der Waals surface area contributed by atoms with E-state index >= 15 is 0 Å². The number of aliphatic hydroxyl groups excluding tert-OH is 1. The van der Waals surface area contributed by atoms with Gasteiger partial charge in [0.05, 0.1) is 13.7 Å². The van der Waals surface area contributed by atoms with Gasteiger partial charge in [-0.15, -0.1) is 11.3 Å². The Kier molecular flexibility index (Phi) is 4.41. The van der Waals surface area contributed by atoms with Gasteiger partial charge in [0.15, 0.2) is 6.10 Å². The zero-order valence-electron chi connectivity index (χ0n) is 13.5. The van der Waals surface area contributed by atoms with Crippen molar-refractivity contribution in [3.8, 4) is 16.9 Å². The fourth-order valence-corrected chi connectivity index (χ4v) is 4.25. The molecule has 0 radical (unpaired) electrons. The number of esters is 1. The Labute approximate surface area is 139 Å². The van der Waals surface area contributed by atoms with Gasteiger partial charge in [-0.25, -0.2) is 4.79 Å². The molecule has 0 spiro atoms. The minimum Gasteiger partial charge on any atom is -0.493 e. The minimum atomic E-state index is -1.26. The van der Waals surface area contributed by atoms with Crippen molar-refractivity contribution in [1.29, 1.82) is 0 Å². The Hall–Kier alpha value is -1.85. The molecule has 1 aliphatic rings. The lowest BCUT2D eigenvalue weighted by atomic mass is 9.94. The van der Waals surface area contributed by atoms with Crippen LogP contribution in [0.25, 0.3) is 11.1 Å². The van der Waals surface area contributed by atoms with E-state index in [0.29, 0.717) is 5.56 Å². The average Bonchev–Trinajstić information content (AvgIpc) is 2.87. The van der Waals surface area contributed by atoms with Crippen molar-refractivity contribution in [2.75, 3.05) is 13.7 Å². The maximum absolute atomic E-state index is 11.8. The van der Waals surface area contributed by atoms with Crippen LogP contribution in [-0.4, -0.2) is 24.8 Å². The standard InChI is InChI=1S/C18H20O4S/c1-10-15(16(11(2)23-10)17(19)18(20)21-3)13-6-7-14-12(9-13)5-4-8-22-14/h6-7,9,17,19H,4-5,8H2,1-3H3. The molecular weight excluding hydrogens is 312 g/mol. The van der Waals surface area contributed by atoms with Crippen LogP contribution in [0.4, 0.5) is 0 Å². The number of aryl methyl sites for hydroxylation is 3. The van der Waals surface area contributed by atoms with E-state index < -0.39 is 12.1 Å². The molecule has 0 saturated heterocycles. The second-order valence-electron chi connectivity index (χ2n) is 5.70. The highest BCUT2D eigenvalue weighted by Gasteiger charge is 2.27. The van der Waals surface area contributed by atoms with E-state index in [1.165, 1.54) is 12.7 Å². The molecule has 1 aliphatic heterocycles. The van der Waals surface area contributed by atoms with Crippen molar-refractivity contribution in [3.05, 3.63) is 39.1 Å². The summed E-state index contributed by atoms with van der Waals surface area (Å²) in [7, 11) is 1.29. The molecule has 4 nitrogen and oxygen atoms in total. The highest BCUT2D eigenvalue weighted by Crippen LogP contribution is 2.41. The number of rotatable bonds is 3. The molecule has 2 heterocycles. The van der Waals surface area contributed by atoms with Crippen molar-refractivity contribution in [2.45, 2.75) is 32.8 Å². The lowest BCUT2D eigenvalue weighted by Gasteiger charge is -2.19. The van der Waals surface area contributed by atoms with E-state index in [0.717, 1.165) is 46.1 Å². The predicted octanol–water partition coefficient (Wildman–Crippen LogP) is 3.56. The largest absolute Gasteiger partial charge is 0.493 e. The molecule has 1 N–H and O–H groups in total. The molecule has 0 aliphatic carbocycles. The molecule has 0 fully saturated rings. The van der Waals surface area contributed by atoms with Crippen LogP contribution in [-0.2, 0) is 16.0 Å². The van der Waals surface area contributed by atoms with Crippen molar-refractivity contribution >= 4 is 17.3 Å². The fourth-order valence-electron chi connectivity index (χ4n) is 3.13. The quantitative estimate of drug-likeness (QED) is 0.873. The Morgan fingerprint density at radius 2 is 2.13 bits per heavy atom. The summed E-state index contributed by atoms with van der Waals surface area (Å²) >= 11 is 1.59. The first kappa shape index (κ1) is 16.0. The van der Waals surface area contributed by atoms with E-state index in [4.69, 9.17) is 9.47 Å². The summed E-state index contributed by atoms with van der Waals surface area (Å²) in [4.78, 5) is 13.8. The van der Waals surface area contributed by atoms with Gasteiger partial charge >= 0.3 is 5.97 Å². The third-order valence-electron chi connectivity index (χ3n) is 4.20. The number of carbonyl (C=O) groups is 1. The maximum Gasteiger partial charge on any atom is 0.339 e. The third kappa shape index (κ3) is 2.86. The molecule has 122 valence electrons. The van der Waals surface area contributed by atoms with Gasteiger partial charge in [-0.05, 0) is 49.9 Å². The first-order chi connectivity index (χ1) is 11.0. The van der Waals surface area contributed by atoms with Crippen LogP contribution in [0.2, 0.25) is 0 Å². The Morgan fingerprint density at radius 3 is 2.87 bits per heavy atom. The van der Waals surface area contributed by atoms with E-state index in [2.05, 4.69) is 6.07 Å². The minimum absolute atomic E-state index is 0.631. The number of methoxy groups -OCH3 is 1. The fraction of sp³-hybridized carbons (Fsp3) is 0.389. The molecule has 3 rings (SSSR count). The summed E-state index contributed by atoms with van der Waals surface area (Å²) in [6.07, 6.45) is 0.739. The normalized spacial score (nSPS) is 14.8. The number of fused-ring (bicyclic) bond motifs is 1. The number of carbonyl (C=O) groups excluding carboxylic acids is 1. The SMILES string of the molecule is COC(=O)C(O)c1c(C)sc(C)c1-c1ccc2c(c1)CCCO2. The van der Waals surface area contributed by atoms with Gasteiger partial charge in [0.25, 0.3) is 0 Å². The summed E-state index contributed by atoms with van der Waals surface area (Å²) < 4.78 is 10.4. The highest BCUT2D eigenvalue weighted by atomic mass is 32.1. The summed E-state index contributed by atoms with van der Waals surface area (Å²) in [5, 5.41) is 10.4. The number of thiophene rings is 1. The zero-order chi connectivity index (χ0) is 16.6. The van der Waals surface area contributed by atoms with E-state index in [9.17, 15) is 9.90 Å². The monoisotopic (exact) mass is 332 g/mol. The van der Waals surface area contributed by atoms with Crippen LogP contribution in [0.15, 0.2) is 18.2 Å². The van der Waals surface area contributed by atoms with Crippen LogP contribution in [0.1, 0.15) is 33.4 Å². The Morgan fingerprint density at radius 1 is 1.35 bits per heavy atom. The van der Waals surface area contributed by atoms with Crippen molar-refractivity contribution in [2.24, 2.45) is 0 Å². The number of aliphatic hydroxyl groups is 1. The van der Waals surface area contributed by atoms with Gasteiger partial charge in [-0.1, -0.05) is 6.07 Å². The molecule has 23 heavy (non-hydrogen) atoms. The van der Waals surface area contributed by atoms with Crippen LogP contribution in [0.3, 0.4) is 0 Å². The number of hydrogen-bond donors (Lipinski definition) is 1. The van der Waals surface area contributed by atoms with Gasteiger partial charge in [0.1, 0.15) is 5.75 Å². The van der Waals surface area contributed by atoms with Crippen molar-refractivity contribution in [3.63, 3.8) is 0 Å². The van der Waals surface area contributed by atoms with Gasteiger partial charge in [-0.3, -0.25) is 0 Å². The summed E-state index contributed by atoms with van der Waals surface area (Å²) in [5.74, 6) is 0.299. The number of benzene rings is 1. The molecule has 2 aromatic rings. The van der Waals surface area contributed by atoms with Gasteiger partial charge in [-0.2, -0.15) is 0 Å². The lowest BCUT2D eigenvalue weighted by Crippen LogP contribution is -2.14. The Balaban J connectivity index is 2.11. The molecule has 0 amide bonds. The third-order valence-corrected chi connectivity index (χ3v) is 5.24. The maximum atomic E-state index is 11.8. The van der Waals surface area contributed by atoms with Gasteiger partial charge in [0.2, 0.25) is 0 Å². The molecule has 0 bridgehead atoms. The first-order valence-corrected chi connectivity index (χ1v) is 8.46. The van der Waals surface area contributed by atoms with E-state index in [1.807, 2.05) is 26.0 Å². The summed E-state index contributed by atoms with van der Waals surface area (Å²) in [5.41, 5.74) is 3.76. The second kappa shape index (κ2) is 6.34. The number of hydrogen-bond acceptors (Lipinski definition) is 5. The molecule has 1 aromatic carbocycles. The predicted molar refractivity (Wildman–Crippen MR) is 90.0 cm³/mol. The zero-order valence-corrected chi connectivity index (χ0v) is 14.3. The van der Waals surface area contributed by atoms with Gasteiger partial charge in [0, 0.05) is 20.9 Å². The molecule has 1 aromatic heterocycles. The molecule has 0 saturated carbocycles. The number of ether oxygens (including phenoxy) is 2. The molecule has 5 heteroatoms. The molecular formula is C18H20O4S. The van der Waals surface area contributed by atoms with Crippen LogP contribution >= 0.6 is 11.3 Å². The molecule has 1 atom stereocenters. The summed E-state index contributed by atoms with van der Waals surface area (Å²) in [6, 6.07) is 6.08. The topological polar surface area (TPSA) is 55.8 Å². The first-order valence-electron chi connectivity index (χ1n) is 7.64. The van der Waals surface area contributed by atoms with Crippen LogP contribution < -0.4 is 4.74 Å². The lowest BCUT2D eigenvalue weighted by molar-refractivity contribution is -0.150. The summed E-state index contributed by atoms with van der Waals surface area (Å²) in [6.45, 7) is 4.69. The van der Waals surface area contributed by atoms with Gasteiger partial charge < -0.3 is 14.6 Å². The second-order valence-corrected chi connectivity index (χ2v) is 7.13. The average molecular weight is 332 g/mol.